The molecule has 108 valence electrons. The van der Waals surface area contributed by atoms with E-state index < -0.39 is 6.10 Å². The van der Waals surface area contributed by atoms with E-state index in [2.05, 4.69) is 27.9 Å². The van der Waals surface area contributed by atoms with Crippen molar-refractivity contribution in [3.8, 4) is 0 Å². The third-order valence-corrected chi connectivity index (χ3v) is 3.45. The van der Waals surface area contributed by atoms with Crippen molar-refractivity contribution in [1.82, 2.24) is 14.9 Å². The van der Waals surface area contributed by atoms with Crippen LogP contribution in [0.2, 0.25) is 0 Å². The summed E-state index contributed by atoms with van der Waals surface area (Å²) in [6, 6.07) is 6.17. The first-order valence-electron chi connectivity index (χ1n) is 7.08. The Bertz CT molecular complexity index is 523. The van der Waals surface area contributed by atoms with Gasteiger partial charge in [0.25, 0.3) is 0 Å². The van der Waals surface area contributed by atoms with Crippen molar-refractivity contribution >= 4 is 0 Å². The van der Waals surface area contributed by atoms with Gasteiger partial charge in [0, 0.05) is 25.5 Å². The Hall–Kier alpha value is -1.65. The average molecular weight is 273 g/mol. The molecular formula is C16H23N3O. The molecule has 0 fully saturated rings. The van der Waals surface area contributed by atoms with E-state index in [1.165, 1.54) is 5.56 Å². The van der Waals surface area contributed by atoms with Crippen molar-refractivity contribution in [2.45, 2.75) is 32.9 Å². The second kappa shape index (κ2) is 7.22. The Morgan fingerprint density at radius 1 is 1.35 bits per heavy atom. The molecule has 0 aliphatic heterocycles. The summed E-state index contributed by atoms with van der Waals surface area (Å²) in [6.07, 6.45) is 6.16. The minimum absolute atomic E-state index is 0.441. The predicted molar refractivity (Wildman–Crippen MR) is 80.6 cm³/mol. The van der Waals surface area contributed by atoms with E-state index in [1.54, 1.807) is 6.20 Å². The van der Waals surface area contributed by atoms with Crippen molar-refractivity contribution in [1.29, 1.82) is 0 Å². The van der Waals surface area contributed by atoms with Crippen LogP contribution in [0.25, 0.3) is 0 Å². The van der Waals surface area contributed by atoms with Gasteiger partial charge in [0.15, 0.2) is 0 Å². The molecule has 1 aromatic heterocycles. The zero-order chi connectivity index (χ0) is 14.4. The summed E-state index contributed by atoms with van der Waals surface area (Å²) >= 11 is 0. The maximum Gasteiger partial charge on any atom is 0.0945 e. The summed E-state index contributed by atoms with van der Waals surface area (Å²) in [6.45, 7) is 6.54. The highest BCUT2D eigenvalue weighted by molar-refractivity contribution is 5.32. The van der Waals surface area contributed by atoms with E-state index in [-0.39, 0.29) is 0 Å². The summed E-state index contributed by atoms with van der Waals surface area (Å²) in [7, 11) is 0. The van der Waals surface area contributed by atoms with Crippen molar-refractivity contribution in [2.75, 3.05) is 13.1 Å². The first-order valence-corrected chi connectivity index (χ1v) is 7.08. The van der Waals surface area contributed by atoms with Crippen LogP contribution in [0.5, 0.6) is 0 Å². The maximum absolute atomic E-state index is 10.2. The van der Waals surface area contributed by atoms with Gasteiger partial charge < -0.3 is 15.0 Å². The van der Waals surface area contributed by atoms with E-state index in [9.17, 15) is 5.11 Å². The third-order valence-electron chi connectivity index (χ3n) is 3.45. The number of aromatic nitrogens is 2. The molecule has 4 heteroatoms. The van der Waals surface area contributed by atoms with Gasteiger partial charge in [-0.3, -0.25) is 0 Å². The molecule has 1 heterocycles. The van der Waals surface area contributed by atoms with E-state index >= 15 is 0 Å². The molecule has 0 radical (unpaired) electrons. The number of hydrogen-bond donors (Lipinski definition) is 2. The van der Waals surface area contributed by atoms with Crippen LogP contribution in [-0.4, -0.2) is 27.7 Å². The molecule has 4 nitrogen and oxygen atoms in total. The average Bonchev–Trinajstić information content (AvgIpc) is 2.91. The quantitative estimate of drug-likeness (QED) is 0.761. The molecule has 2 N–H and O–H groups in total. The van der Waals surface area contributed by atoms with Gasteiger partial charge in [0.1, 0.15) is 0 Å². The third kappa shape index (κ3) is 4.18. The number of rotatable bonds is 7. The zero-order valence-corrected chi connectivity index (χ0v) is 12.2. The Kier molecular flexibility index (Phi) is 5.32. The molecule has 1 aromatic carbocycles. The number of aliphatic hydroxyl groups excluding tert-OH is 1. The summed E-state index contributed by atoms with van der Waals surface area (Å²) in [4.78, 5) is 4.01. The molecule has 1 unspecified atom stereocenters. The first kappa shape index (κ1) is 14.8. The summed E-state index contributed by atoms with van der Waals surface area (Å²) in [5.74, 6) is 0. The van der Waals surface area contributed by atoms with Gasteiger partial charge in [-0.2, -0.15) is 0 Å². The van der Waals surface area contributed by atoms with Crippen LogP contribution in [-0.2, 0) is 6.54 Å². The van der Waals surface area contributed by atoms with E-state index in [0.29, 0.717) is 6.54 Å². The van der Waals surface area contributed by atoms with E-state index in [0.717, 1.165) is 30.6 Å². The van der Waals surface area contributed by atoms with Gasteiger partial charge in [-0.25, -0.2) is 4.98 Å². The Morgan fingerprint density at radius 3 is 2.90 bits per heavy atom. The van der Waals surface area contributed by atoms with Crippen LogP contribution in [0.15, 0.2) is 36.9 Å². The molecule has 0 saturated carbocycles. The summed E-state index contributed by atoms with van der Waals surface area (Å²) < 4.78 is 2.06. The number of nitrogens with one attached hydrogen (secondary N) is 1. The van der Waals surface area contributed by atoms with Crippen LogP contribution in [0.4, 0.5) is 0 Å². The molecule has 0 saturated heterocycles. The molecule has 0 amide bonds. The van der Waals surface area contributed by atoms with Crippen molar-refractivity contribution < 1.29 is 5.11 Å². The first-order chi connectivity index (χ1) is 9.66. The molecule has 2 rings (SSSR count). The van der Waals surface area contributed by atoms with E-state index in [1.807, 2.05) is 31.6 Å². The zero-order valence-electron chi connectivity index (χ0n) is 12.2. The second-order valence-corrected chi connectivity index (χ2v) is 5.23. The number of aryl methyl sites for hydroxylation is 3. The minimum atomic E-state index is -0.441. The van der Waals surface area contributed by atoms with Crippen LogP contribution in [0, 0.1) is 13.8 Å². The lowest BCUT2D eigenvalue weighted by Gasteiger charge is -2.15. The highest BCUT2D eigenvalue weighted by Gasteiger charge is 2.09. The van der Waals surface area contributed by atoms with Gasteiger partial charge in [0.2, 0.25) is 0 Å². The van der Waals surface area contributed by atoms with Crippen molar-refractivity contribution in [2.24, 2.45) is 0 Å². The topological polar surface area (TPSA) is 50.1 Å². The van der Waals surface area contributed by atoms with Crippen LogP contribution in [0.3, 0.4) is 0 Å². The Balaban J connectivity index is 1.70. The number of benzene rings is 1. The van der Waals surface area contributed by atoms with Crippen LogP contribution < -0.4 is 5.32 Å². The van der Waals surface area contributed by atoms with Gasteiger partial charge in [-0.1, -0.05) is 23.8 Å². The van der Waals surface area contributed by atoms with E-state index in [4.69, 9.17) is 0 Å². The smallest absolute Gasteiger partial charge is 0.0945 e. The largest absolute Gasteiger partial charge is 0.387 e. The molecule has 0 aliphatic carbocycles. The normalized spacial score (nSPS) is 12.6. The number of imidazole rings is 1. The predicted octanol–water partition coefficient (Wildman–Crippen LogP) is 2.21. The number of nitrogens with zero attached hydrogens (tertiary/aromatic N) is 2. The highest BCUT2D eigenvalue weighted by Crippen LogP contribution is 2.18. The van der Waals surface area contributed by atoms with Crippen molar-refractivity contribution in [3.05, 3.63) is 53.6 Å². The maximum atomic E-state index is 10.2. The molecule has 0 aliphatic rings. The Labute approximate surface area is 120 Å². The SMILES string of the molecule is Cc1ccc(C(O)CNCCCn2ccnc2)c(C)c1. The lowest BCUT2D eigenvalue weighted by molar-refractivity contribution is 0.174. The van der Waals surface area contributed by atoms with Gasteiger partial charge in [-0.05, 0) is 37.9 Å². The molecular weight excluding hydrogens is 250 g/mol. The van der Waals surface area contributed by atoms with Gasteiger partial charge >= 0.3 is 0 Å². The van der Waals surface area contributed by atoms with Crippen LogP contribution >= 0.6 is 0 Å². The molecule has 2 aromatic rings. The fourth-order valence-electron chi connectivity index (χ4n) is 2.35. The van der Waals surface area contributed by atoms with Crippen molar-refractivity contribution in [3.63, 3.8) is 0 Å². The lowest BCUT2D eigenvalue weighted by Crippen LogP contribution is -2.23. The molecule has 1 atom stereocenters. The highest BCUT2D eigenvalue weighted by atomic mass is 16.3. The minimum Gasteiger partial charge on any atom is -0.387 e. The lowest BCUT2D eigenvalue weighted by atomic mass is 10.0. The fourth-order valence-corrected chi connectivity index (χ4v) is 2.35. The number of aliphatic hydroxyl groups is 1. The van der Waals surface area contributed by atoms with Crippen LogP contribution in [0.1, 0.15) is 29.2 Å². The standard InChI is InChI=1S/C16H23N3O/c1-13-4-5-15(14(2)10-13)16(20)11-17-6-3-8-19-9-7-18-12-19/h4-5,7,9-10,12,16-17,20H,3,6,8,11H2,1-2H3. The summed E-state index contributed by atoms with van der Waals surface area (Å²) in [5.41, 5.74) is 3.39. The van der Waals surface area contributed by atoms with Gasteiger partial charge in [0.05, 0.1) is 12.4 Å². The molecule has 20 heavy (non-hydrogen) atoms. The number of hydrogen-bond acceptors (Lipinski definition) is 3. The van der Waals surface area contributed by atoms with Gasteiger partial charge in [-0.15, -0.1) is 0 Å². The monoisotopic (exact) mass is 273 g/mol. The Morgan fingerprint density at radius 2 is 2.20 bits per heavy atom. The second-order valence-electron chi connectivity index (χ2n) is 5.23. The summed E-state index contributed by atoms with van der Waals surface area (Å²) in [5, 5.41) is 13.5. The molecule has 0 spiro atoms. The molecule has 0 bridgehead atoms. The fraction of sp³-hybridized carbons (Fsp3) is 0.438.